The molecule has 0 aliphatic rings. The van der Waals surface area contributed by atoms with Gasteiger partial charge in [0.1, 0.15) is 0 Å². The fourth-order valence-electron chi connectivity index (χ4n) is 2.68. The average molecular weight is 381 g/mol. The molecule has 3 atom stereocenters. The Morgan fingerprint density at radius 2 is 1.89 bits per heavy atom. The molecule has 0 spiro atoms. The molecule has 151 valence electrons. The summed E-state index contributed by atoms with van der Waals surface area (Å²) in [6.07, 6.45) is 0.948. The maximum atomic E-state index is 14.0. The number of rotatable bonds is 11. The first-order chi connectivity index (χ1) is 12.3. The van der Waals surface area contributed by atoms with Crippen LogP contribution in [0.15, 0.2) is 24.3 Å². The lowest BCUT2D eigenvalue weighted by Crippen LogP contribution is -2.38. The minimum absolute atomic E-state index is 0.0182. The quantitative estimate of drug-likeness (QED) is 0.463. The molecule has 0 saturated heterocycles. The standard InChI is InChI=1S/C20H30FN2O4/c1-19(2,27)15-6-4-5-13(11-15)7-8-16(24)12-14(17(22)25)9-10-20(3,21)18(23)26/h4-6,8,11,14,16,24,27H,7,9-10,12H2,1-3H3,(H2,22,25)(H2,23,26). The minimum atomic E-state index is -2.22. The Bertz CT molecular complexity index is 656. The van der Waals surface area contributed by atoms with Gasteiger partial charge in [-0.1, -0.05) is 24.3 Å². The minimum Gasteiger partial charge on any atom is -0.393 e. The van der Waals surface area contributed by atoms with Crippen molar-refractivity contribution in [3.63, 3.8) is 0 Å². The van der Waals surface area contributed by atoms with E-state index in [2.05, 4.69) is 0 Å². The van der Waals surface area contributed by atoms with Crippen LogP contribution in [0.4, 0.5) is 4.39 Å². The second-order valence-electron chi connectivity index (χ2n) is 7.70. The van der Waals surface area contributed by atoms with E-state index in [1.165, 1.54) is 0 Å². The molecule has 0 heterocycles. The Labute approximate surface area is 159 Å². The maximum absolute atomic E-state index is 14.0. The van der Waals surface area contributed by atoms with Gasteiger partial charge in [-0.3, -0.25) is 9.59 Å². The number of aliphatic hydroxyl groups excluding tert-OH is 1. The van der Waals surface area contributed by atoms with Gasteiger partial charge in [0.25, 0.3) is 5.91 Å². The number of halogens is 1. The highest BCUT2D eigenvalue weighted by Gasteiger charge is 2.32. The van der Waals surface area contributed by atoms with Crippen molar-refractivity contribution in [2.45, 2.75) is 63.8 Å². The maximum Gasteiger partial charge on any atom is 0.254 e. The van der Waals surface area contributed by atoms with Crippen molar-refractivity contribution < 1.29 is 24.2 Å². The van der Waals surface area contributed by atoms with E-state index in [0.29, 0.717) is 6.42 Å². The Kier molecular flexibility index (Phi) is 7.92. The van der Waals surface area contributed by atoms with E-state index in [9.17, 15) is 24.2 Å². The van der Waals surface area contributed by atoms with Gasteiger partial charge in [0, 0.05) is 5.92 Å². The summed E-state index contributed by atoms with van der Waals surface area (Å²) in [5.41, 5.74) is 8.78. The zero-order valence-corrected chi connectivity index (χ0v) is 16.1. The summed E-state index contributed by atoms with van der Waals surface area (Å²) in [7, 11) is 0. The lowest BCUT2D eigenvalue weighted by molar-refractivity contribution is -0.130. The van der Waals surface area contributed by atoms with Crippen LogP contribution in [0.1, 0.15) is 51.2 Å². The van der Waals surface area contributed by atoms with Gasteiger partial charge in [0.15, 0.2) is 5.67 Å². The van der Waals surface area contributed by atoms with Crippen LogP contribution in [0, 0.1) is 12.3 Å². The monoisotopic (exact) mass is 381 g/mol. The summed E-state index contributed by atoms with van der Waals surface area (Å²) in [5.74, 6) is -2.52. The SMILES string of the molecule is CC(F)(CCC(CC(O)[CH]Cc1cccc(C(C)(C)O)c1)C(N)=O)C(N)=O. The summed E-state index contributed by atoms with van der Waals surface area (Å²) in [4.78, 5) is 22.6. The van der Waals surface area contributed by atoms with Crippen molar-refractivity contribution in [2.24, 2.45) is 17.4 Å². The first kappa shape index (κ1) is 23.0. The fourth-order valence-corrected chi connectivity index (χ4v) is 2.68. The molecule has 0 aliphatic heterocycles. The number of hydrogen-bond acceptors (Lipinski definition) is 4. The third-order valence-electron chi connectivity index (χ3n) is 4.66. The normalized spacial score (nSPS) is 16.4. The van der Waals surface area contributed by atoms with Crippen molar-refractivity contribution in [1.82, 2.24) is 0 Å². The molecule has 27 heavy (non-hydrogen) atoms. The molecule has 6 nitrogen and oxygen atoms in total. The molecule has 0 fully saturated rings. The van der Waals surface area contributed by atoms with Gasteiger partial charge < -0.3 is 21.7 Å². The van der Waals surface area contributed by atoms with Crippen LogP contribution in [-0.2, 0) is 21.6 Å². The summed E-state index contributed by atoms with van der Waals surface area (Å²) < 4.78 is 14.0. The molecule has 0 aromatic heterocycles. The topological polar surface area (TPSA) is 127 Å². The van der Waals surface area contributed by atoms with Gasteiger partial charge >= 0.3 is 0 Å². The number of benzene rings is 1. The predicted octanol–water partition coefficient (Wildman–Crippen LogP) is 1.51. The molecule has 0 aliphatic carbocycles. The zero-order chi connectivity index (χ0) is 20.8. The molecule has 1 aromatic carbocycles. The summed E-state index contributed by atoms with van der Waals surface area (Å²) in [5, 5.41) is 20.3. The number of aliphatic hydroxyl groups is 2. The van der Waals surface area contributed by atoms with E-state index in [-0.39, 0.29) is 19.3 Å². The van der Waals surface area contributed by atoms with Crippen molar-refractivity contribution in [3.05, 3.63) is 41.8 Å². The van der Waals surface area contributed by atoms with Crippen molar-refractivity contribution >= 4 is 11.8 Å². The van der Waals surface area contributed by atoms with Gasteiger partial charge in [-0.05, 0) is 64.0 Å². The molecule has 2 amide bonds. The Balaban J connectivity index is 2.61. The van der Waals surface area contributed by atoms with E-state index in [1.807, 2.05) is 24.3 Å². The van der Waals surface area contributed by atoms with Crippen LogP contribution in [-0.4, -0.2) is 33.8 Å². The third kappa shape index (κ3) is 7.64. The first-order valence-corrected chi connectivity index (χ1v) is 8.94. The first-order valence-electron chi connectivity index (χ1n) is 8.94. The molecule has 1 radical (unpaired) electrons. The Morgan fingerprint density at radius 3 is 2.41 bits per heavy atom. The largest absolute Gasteiger partial charge is 0.393 e. The molecule has 6 N–H and O–H groups in total. The summed E-state index contributed by atoms with van der Waals surface area (Å²) >= 11 is 0. The molecule has 3 unspecified atom stereocenters. The third-order valence-corrected chi connectivity index (χ3v) is 4.66. The lowest BCUT2D eigenvalue weighted by atomic mass is 9.88. The number of carbonyl (C=O) groups is 2. The number of carbonyl (C=O) groups excluding carboxylic acids is 2. The number of primary amides is 2. The van der Waals surface area contributed by atoms with Crippen LogP contribution >= 0.6 is 0 Å². The van der Waals surface area contributed by atoms with Crippen LogP contribution in [0.2, 0.25) is 0 Å². The second-order valence-corrected chi connectivity index (χ2v) is 7.70. The predicted molar refractivity (Wildman–Crippen MR) is 101 cm³/mol. The molecule has 0 saturated carbocycles. The summed E-state index contributed by atoms with van der Waals surface area (Å²) in [6.45, 7) is 4.44. The molecular weight excluding hydrogens is 351 g/mol. The number of hydrogen-bond donors (Lipinski definition) is 4. The summed E-state index contributed by atoms with van der Waals surface area (Å²) in [6, 6.07) is 7.35. The van der Waals surface area contributed by atoms with Crippen molar-refractivity contribution in [3.8, 4) is 0 Å². The zero-order valence-electron chi connectivity index (χ0n) is 16.1. The van der Waals surface area contributed by atoms with Crippen LogP contribution in [0.25, 0.3) is 0 Å². The lowest BCUT2D eigenvalue weighted by Gasteiger charge is -2.22. The van der Waals surface area contributed by atoms with Crippen molar-refractivity contribution in [2.75, 3.05) is 0 Å². The van der Waals surface area contributed by atoms with Crippen LogP contribution in [0.5, 0.6) is 0 Å². The molecular formula is C20H30FN2O4. The van der Waals surface area contributed by atoms with Gasteiger partial charge in [-0.25, -0.2) is 4.39 Å². The smallest absolute Gasteiger partial charge is 0.254 e. The highest BCUT2D eigenvalue weighted by molar-refractivity contribution is 5.83. The van der Waals surface area contributed by atoms with Crippen molar-refractivity contribution in [1.29, 1.82) is 0 Å². The number of amides is 2. The highest BCUT2D eigenvalue weighted by Crippen LogP contribution is 2.25. The molecule has 1 aromatic rings. The van der Waals surface area contributed by atoms with Crippen LogP contribution in [0.3, 0.4) is 0 Å². The molecule has 0 bridgehead atoms. The van der Waals surface area contributed by atoms with E-state index < -0.39 is 35.1 Å². The Hall–Kier alpha value is -1.99. The van der Waals surface area contributed by atoms with E-state index in [4.69, 9.17) is 11.5 Å². The number of alkyl halides is 1. The van der Waals surface area contributed by atoms with Crippen LogP contribution < -0.4 is 11.5 Å². The molecule has 7 heteroatoms. The van der Waals surface area contributed by atoms with E-state index in [0.717, 1.165) is 18.1 Å². The van der Waals surface area contributed by atoms with Gasteiger partial charge in [-0.2, -0.15) is 0 Å². The Morgan fingerprint density at radius 1 is 1.26 bits per heavy atom. The van der Waals surface area contributed by atoms with Gasteiger partial charge in [0.2, 0.25) is 5.91 Å². The van der Waals surface area contributed by atoms with Gasteiger partial charge in [0.05, 0.1) is 11.7 Å². The average Bonchev–Trinajstić information content (AvgIpc) is 2.55. The number of nitrogens with two attached hydrogens (primary N) is 2. The molecule has 1 rings (SSSR count). The highest BCUT2D eigenvalue weighted by atomic mass is 19.1. The van der Waals surface area contributed by atoms with E-state index >= 15 is 0 Å². The van der Waals surface area contributed by atoms with E-state index in [1.54, 1.807) is 20.3 Å². The fraction of sp³-hybridized carbons (Fsp3) is 0.550. The second kappa shape index (κ2) is 9.28. The van der Waals surface area contributed by atoms with Gasteiger partial charge in [-0.15, -0.1) is 0 Å².